The number of aryl methyl sites for hydroxylation is 1. The fraction of sp³-hybridized carbons (Fsp3) is 0.250. The first-order chi connectivity index (χ1) is 7.63. The summed E-state index contributed by atoms with van der Waals surface area (Å²) in [4.78, 5) is 0. The molecule has 1 aromatic carbocycles. The topological polar surface area (TPSA) is 53.1 Å². The fourth-order valence-electron chi connectivity index (χ4n) is 1.73. The predicted molar refractivity (Wildman–Crippen MR) is 64.3 cm³/mol. The lowest BCUT2D eigenvalue weighted by atomic mass is 10.1. The molecule has 0 unspecified atom stereocenters. The van der Waals surface area contributed by atoms with Gasteiger partial charge in [-0.15, -0.1) is 0 Å². The number of benzene rings is 1. The van der Waals surface area contributed by atoms with Crippen molar-refractivity contribution in [2.24, 2.45) is 7.05 Å². The van der Waals surface area contributed by atoms with Gasteiger partial charge in [-0.25, -0.2) is 0 Å². The van der Waals surface area contributed by atoms with Crippen LogP contribution < -0.4 is 10.5 Å². The maximum atomic E-state index is 5.77. The van der Waals surface area contributed by atoms with E-state index in [-0.39, 0.29) is 0 Å². The van der Waals surface area contributed by atoms with Crippen molar-refractivity contribution in [3.05, 3.63) is 29.8 Å². The Bertz CT molecular complexity index is 497. The zero-order valence-corrected chi connectivity index (χ0v) is 9.69. The van der Waals surface area contributed by atoms with Crippen molar-refractivity contribution in [3.63, 3.8) is 0 Å². The molecule has 2 rings (SSSR count). The molecule has 0 amide bonds. The highest BCUT2D eigenvalue weighted by Crippen LogP contribution is 2.29. The summed E-state index contributed by atoms with van der Waals surface area (Å²) < 4.78 is 6.94. The normalized spacial score (nSPS) is 10.4. The highest BCUT2D eigenvalue weighted by Gasteiger charge is 2.10. The number of rotatable bonds is 2. The molecule has 0 saturated carbocycles. The van der Waals surface area contributed by atoms with Gasteiger partial charge >= 0.3 is 0 Å². The van der Waals surface area contributed by atoms with Gasteiger partial charge in [-0.3, -0.25) is 4.68 Å². The van der Waals surface area contributed by atoms with Crippen LogP contribution in [0.1, 0.15) is 5.56 Å². The van der Waals surface area contributed by atoms with Crippen molar-refractivity contribution in [2.45, 2.75) is 6.92 Å². The number of ether oxygens (including phenoxy) is 1. The Labute approximate surface area is 94.6 Å². The number of anilines is 1. The smallest absolute Gasteiger partial charge is 0.122 e. The lowest BCUT2D eigenvalue weighted by molar-refractivity contribution is 0.412. The van der Waals surface area contributed by atoms with Gasteiger partial charge in [0.1, 0.15) is 11.6 Å². The van der Waals surface area contributed by atoms with Crippen LogP contribution in [0.25, 0.3) is 11.3 Å². The van der Waals surface area contributed by atoms with E-state index in [2.05, 4.69) is 5.10 Å². The van der Waals surface area contributed by atoms with E-state index in [1.165, 1.54) is 0 Å². The summed E-state index contributed by atoms with van der Waals surface area (Å²) in [6.07, 6.45) is 0. The van der Waals surface area contributed by atoms with Crippen LogP contribution in [0, 0.1) is 6.92 Å². The average Bonchev–Trinajstić information content (AvgIpc) is 2.59. The van der Waals surface area contributed by atoms with Crippen LogP contribution in [-0.4, -0.2) is 16.9 Å². The number of nitrogens with zero attached hydrogens (tertiary/aromatic N) is 2. The molecule has 1 aromatic heterocycles. The summed E-state index contributed by atoms with van der Waals surface area (Å²) in [6.45, 7) is 2.01. The number of aromatic nitrogens is 2. The van der Waals surface area contributed by atoms with Gasteiger partial charge in [0.05, 0.1) is 12.8 Å². The first-order valence-corrected chi connectivity index (χ1v) is 5.07. The molecule has 84 valence electrons. The Morgan fingerprint density at radius 1 is 1.38 bits per heavy atom. The summed E-state index contributed by atoms with van der Waals surface area (Å²) in [5, 5.41) is 4.35. The van der Waals surface area contributed by atoms with Crippen LogP contribution in [0.3, 0.4) is 0 Å². The van der Waals surface area contributed by atoms with Crippen LogP contribution in [0.15, 0.2) is 24.3 Å². The van der Waals surface area contributed by atoms with E-state index < -0.39 is 0 Å². The second kappa shape index (κ2) is 3.89. The van der Waals surface area contributed by atoms with E-state index in [0.29, 0.717) is 5.82 Å². The largest absolute Gasteiger partial charge is 0.496 e. The van der Waals surface area contributed by atoms with Gasteiger partial charge in [0.15, 0.2) is 0 Å². The minimum absolute atomic E-state index is 0.650. The van der Waals surface area contributed by atoms with Crippen LogP contribution in [-0.2, 0) is 7.05 Å². The van der Waals surface area contributed by atoms with Gasteiger partial charge in [0.2, 0.25) is 0 Å². The molecule has 0 spiro atoms. The highest BCUT2D eigenvalue weighted by atomic mass is 16.5. The molecule has 4 nitrogen and oxygen atoms in total. The molecule has 0 fully saturated rings. The molecule has 1 heterocycles. The summed E-state index contributed by atoms with van der Waals surface area (Å²) in [5.41, 5.74) is 8.76. The molecule has 16 heavy (non-hydrogen) atoms. The number of hydrogen-bond donors (Lipinski definition) is 1. The Hall–Kier alpha value is -1.97. The lowest BCUT2D eigenvalue weighted by Gasteiger charge is -2.07. The Morgan fingerprint density at radius 3 is 2.69 bits per heavy atom. The van der Waals surface area contributed by atoms with Crippen molar-refractivity contribution >= 4 is 5.82 Å². The lowest BCUT2D eigenvalue weighted by Crippen LogP contribution is -1.96. The first-order valence-electron chi connectivity index (χ1n) is 5.07. The van der Waals surface area contributed by atoms with Crippen LogP contribution >= 0.6 is 0 Å². The van der Waals surface area contributed by atoms with Crippen molar-refractivity contribution in [2.75, 3.05) is 12.8 Å². The first kappa shape index (κ1) is 10.5. The summed E-state index contributed by atoms with van der Waals surface area (Å²) >= 11 is 0. The van der Waals surface area contributed by atoms with E-state index in [1.54, 1.807) is 11.8 Å². The Morgan fingerprint density at radius 2 is 2.12 bits per heavy atom. The number of methoxy groups -OCH3 is 1. The molecule has 0 aliphatic rings. The minimum Gasteiger partial charge on any atom is -0.496 e. The molecular weight excluding hydrogens is 202 g/mol. The van der Waals surface area contributed by atoms with E-state index in [1.807, 2.05) is 38.2 Å². The molecule has 0 bridgehead atoms. The SMILES string of the molecule is COc1cccc(-c2cc(N)n(C)n2)c1C. The van der Waals surface area contributed by atoms with Gasteiger partial charge < -0.3 is 10.5 Å². The molecule has 4 heteroatoms. The maximum Gasteiger partial charge on any atom is 0.122 e. The van der Waals surface area contributed by atoms with Gasteiger partial charge in [0, 0.05) is 24.2 Å². The third-order valence-electron chi connectivity index (χ3n) is 2.70. The van der Waals surface area contributed by atoms with Gasteiger partial charge in [0.25, 0.3) is 0 Å². The van der Waals surface area contributed by atoms with Crippen molar-refractivity contribution in [3.8, 4) is 17.0 Å². The fourth-order valence-corrected chi connectivity index (χ4v) is 1.73. The van der Waals surface area contributed by atoms with Gasteiger partial charge in [-0.05, 0) is 13.0 Å². The predicted octanol–water partition coefficient (Wildman–Crippen LogP) is 1.99. The summed E-state index contributed by atoms with van der Waals surface area (Å²) in [5.74, 6) is 1.51. The summed E-state index contributed by atoms with van der Waals surface area (Å²) in [7, 11) is 3.49. The molecule has 2 N–H and O–H groups in total. The number of hydrogen-bond acceptors (Lipinski definition) is 3. The van der Waals surface area contributed by atoms with E-state index >= 15 is 0 Å². The van der Waals surface area contributed by atoms with Crippen molar-refractivity contribution < 1.29 is 4.74 Å². The molecule has 0 aliphatic heterocycles. The second-order valence-corrected chi connectivity index (χ2v) is 3.71. The number of nitrogen functional groups attached to an aromatic ring is 1. The van der Waals surface area contributed by atoms with Crippen LogP contribution in [0.5, 0.6) is 5.75 Å². The quantitative estimate of drug-likeness (QED) is 0.836. The third-order valence-corrected chi connectivity index (χ3v) is 2.70. The second-order valence-electron chi connectivity index (χ2n) is 3.71. The van der Waals surface area contributed by atoms with Crippen LogP contribution in [0.4, 0.5) is 5.82 Å². The molecule has 0 aliphatic carbocycles. The monoisotopic (exact) mass is 217 g/mol. The Balaban J connectivity index is 2.55. The zero-order chi connectivity index (χ0) is 11.7. The van der Waals surface area contributed by atoms with Crippen LogP contribution in [0.2, 0.25) is 0 Å². The van der Waals surface area contributed by atoms with Crippen molar-refractivity contribution in [1.29, 1.82) is 0 Å². The minimum atomic E-state index is 0.650. The van der Waals surface area contributed by atoms with Gasteiger partial charge in [-0.1, -0.05) is 12.1 Å². The van der Waals surface area contributed by atoms with E-state index in [4.69, 9.17) is 10.5 Å². The zero-order valence-electron chi connectivity index (χ0n) is 9.69. The standard InChI is InChI=1S/C12H15N3O/c1-8-9(5-4-6-11(8)16-3)10-7-12(13)15(2)14-10/h4-7H,13H2,1-3H3. The molecule has 0 radical (unpaired) electrons. The number of nitrogens with two attached hydrogens (primary N) is 1. The third kappa shape index (κ3) is 1.62. The van der Waals surface area contributed by atoms with Crippen molar-refractivity contribution in [1.82, 2.24) is 9.78 Å². The summed E-state index contributed by atoms with van der Waals surface area (Å²) in [6, 6.07) is 7.76. The molecule has 0 atom stereocenters. The van der Waals surface area contributed by atoms with E-state index in [0.717, 1.165) is 22.6 Å². The maximum absolute atomic E-state index is 5.77. The van der Waals surface area contributed by atoms with Gasteiger partial charge in [-0.2, -0.15) is 5.10 Å². The molecular formula is C12H15N3O. The molecule has 0 saturated heterocycles. The Kier molecular flexibility index (Phi) is 2.56. The highest BCUT2D eigenvalue weighted by molar-refractivity contribution is 5.68. The van der Waals surface area contributed by atoms with E-state index in [9.17, 15) is 0 Å². The molecule has 2 aromatic rings. The average molecular weight is 217 g/mol.